The van der Waals surface area contributed by atoms with Crippen LogP contribution in [0.3, 0.4) is 0 Å². The maximum Gasteiger partial charge on any atom is 0.344 e. The first-order chi connectivity index (χ1) is 20.2. The van der Waals surface area contributed by atoms with Crippen molar-refractivity contribution in [3.63, 3.8) is 0 Å². The third kappa shape index (κ3) is 5.42. The standard InChI is InChI=1S/C30H16F6N4O2/c31-25(32)27(35)41-19-5-1-3-17(11-19)29-37-21-9-7-15(13-23(21)39-29)16-8-10-22-24(14-16)40-30(38-22)18-4-2-6-20(12-18)42-28(36)26(33)34/h1-14H,(H,37,39)(H,38,40). The first kappa shape index (κ1) is 26.7. The van der Waals surface area contributed by atoms with Crippen molar-refractivity contribution in [1.29, 1.82) is 0 Å². The van der Waals surface area contributed by atoms with Gasteiger partial charge in [-0.3, -0.25) is 0 Å². The average molecular weight is 578 g/mol. The van der Waals surface area contributed by atoms with Gasteiger partial charge in [0.25, 0.3) is 0 Å². The van der Waals surface area contributed by atoms with E-state index in [1.165, 1.54) is 36.4 Å². The van der Waals surface area contributed by atoms with Gasteiger partial charge in [-0.15, -0.1) is 0 Å². The molecular weight excluding hydrogens is 562 g/mol. The van der Waals surface area contributed by atoms with E-state index in [4.69, 9.17) is 0 Å². The topological polar surface area (TPSA) is 75.8 Å². The molecule has 0 aliphatic rings. The Kier molecular flexibility index (Phi) is 6.87. The first-order valence-electron chi connectivity index (χ1n) is 12.2. The Morgan fingerprint density at radius 3 is 1.33 bits per heavy atom. The molecule has 2 heterocycles. The molecule has 0 aliphatic carbocycles. The number of aromatic nitrogens is 4. The summed E-state index contributed by atoms with van der Waals surface area (Å²) in [5, 5.41) is 0. The lowest BCUT2D eigenvalue weighted by molar-refractivity contribution is 0.241. The number of hydrogen-bond donors (Lipinski definition) is 2. The molecular formula is C30H16F6N4O2. The fourth-order valence-electron chi connectivity index (χ4n) is 4.35. The highest BCUT2D eigenvalue weighted by Crippen LogP contribution is 2.31. The van der Waals surface area contributed by atoms with Crippen molar-refractivity contribution in [2.24, 2.45) is 0 Å². The normalized spacial score (nSPS) is 11.1. The molecule has 4 aromatic carbocycles. The molecule has 42 heavy (non-hydrogen) atoms. The smallest absolute Gasteiger partial charge is 0.344 e. The predicted molar refractivity (Wildman–Crippen MR) is 144 cm³/mol. The summed E-state index contributed by atoms with van der Waals surface area (Å²) in [7, 11) is 0. The van der Waals surface area contributed by atoms with E-state index in [1.807, 2.05) is 36.4 Å². The monoisotopic (exact) mass is 578 g/mol. The minimum absolute atomic E-state index is 0.108. The van der Waals surface area contributed by atoms with E-state index in [1.54, 1.807) is 12.1 Å². The van der Waals surface area contributed by atoms with E-state index >= 15 is 0 Å². The molecule has 0 aliphatic heterocycles. The molecule has 0 saturated heterocycles. The van der Waals surface area contributed by atoms with Crippen LogP contribution in [0.15, 0.2) is 109 Å². The number of H-pyrrole nitrogens is 2. The summed E-state index contributed by atoms with van der Waals surface area (Å²) in [5.41, 5.74) is 5.40. The van der Waals surface area contributed by atoms with Gasteiger partial charge in [0.1, 0.15) is 23.1 Å². The number of fused-ring (bicyclic) bond motifs is 2. The lowest BCUT2D eigenvalue weighted by atomic mass is 10.0. The number of benzene rings is 4. The zero-order chi connectivity index (χ0) is 29.4. The maximum absolute atomic E-state index is 13.2. The molecule has 2 aromatic heterocycles. The van der Waals surface area contributed by atoms with Crippen LogP contribution in [0.5, 0.6) is 11.5 Å². The van der Waals surface area contributed by atoms with Crippen LogP contribution in [0.25, 0.3) is 56.0 Å². The second-order valence-electron chi connectivity index (χ2n) is 8.96. The summed E-state index contributed by atoms with van der Waals surface area (Å²) in [6.45, 7) is 0. The highest BCUT2D eigenvalue weighted by molar-refractivity contribution is 5.88. The van der Waals surface area contributed by atoms with E-state index in [0.29, 0.717) is 44.8 Å². The molecule has 0 spiro atoms. The minimum atomic E-state index is -2.55. The molecule has 6 aromatic rings. The quantitative estimate of drug-likeness (QED) is 0.146. The lowest BCUT2D eigenvalue weighted by Gasteiger charge is -2.03. The molecule has 12 heteroatoms. The van der Waals surface area contributed by atoms with Crippen molar-refractivity contribution >= 4 is 22.1 Å². The van der Waals surface area contributed by atoms with Gasteiger partial charge < -0.3 is 19.4 Å². The van der Waals surface area contributed by atoms with Gasteiger partial charge in [0.15, 0.2) is 0 Å². The van der Waals surface area contributed by atoms with Crippen LogP contribution in [0.1, 0.15) is 0 Å². The molecule has 0 amide bonds. The number of rotatable bonds is 7. The number of imidazole rings is 2. The van der Waals surface area contributed by atoms with Gasteiger partial charge in [-0.05, 0) is 59.7 Å². The first-order valence-corrected chi connectivity index (χ1v) is 12.2. The Hall–Kier alpha value is -5.52. The third-order valence-electron chi connectivity index (χ3n) is 6.22. The second kappa shape index (κ2) is 10.8. The van der Waals surface area contributed by atoms with Gasteiger partial charge in [0.05, 0.1) is 22.1 Å². The van der Waals surface area contributed by atoms with E-state index < -0.39 is 24.2 Å². The van der Waals surface area contributed by atoms with Gasteiger partial charge in [-0.2, -0.15) is 26.3 Å². The number of nitrogens with one attached hydrogen (secondary N) is 2. The van der Waals surface area contributed by atoms with Gasteiger partial charge in [-0.1, -0.05) is 36.4 Å². The number of aromatic amines is 2. The van der Waals surface area contributed by atoms with E-state index in [2.05, 4.69) is 29.4 Å². The Labute approximate surface area is 232 Å². The number of ether oxygens (including phenoxy) is 2. The van der Waals surface area contributed by atoms with Gasteiger partial charge in [-0.25, -0.2) is 9.97 Å². The maximum atomic E-state index is 13.2. The molecule has 0 fully saturated rings. The van der Waals surface area contributed by atoms with Crippen molar-refractivity contribution in [3.8, 4) is 45.4 Å². The lowest BCUT2D eigenvalue weighted by Crippen LogP contribution is -1.91. The molecule has 0 atom stereocenters. The Bertz CT molecular complexity index is 1880. The Morgan fingerprint density at radius 1 is 0.500 bits per heavy atom. The summed E-state index contributed by atoms with van der Waals surface area (Å²) >= 11 is 0. The Morgan fingerprint density at radius 2 is 0.929 bits per heavy atom. The van der Waals surface area contributed by atoms with E-state index in [-0.39, 0.29) is 11.5 Å². The molecule has 2 N–H and O–H groups in total. The highest BCUT2D eigenvalue weighted by Gasteiger charge is 2.13. The highest BCUT2D eigenvalue weighted by atomic mass is 19.3. The van der Waals surface area contributed by atoms with E-state index in [9.17, 15) is 26.3 Å². The molecule has 0 radical (unpaired) electrons. The van der Waals surface area contributed by atoms with Crippen molar-refractivity contribution < 1.29 is 35.8 Å². The summed E-state index contributed by atoms with van der Waals surface area (Å²) in [4.78, 5) is 15.4. The van der Waals surface area contributed by atoms with Crippen LogP contribution in [-0.4, -0.2) is 19.9 Å². The van der Waals surface area contributed by atoms with Crippen LogP contribution < -0.4 is 9.47 Å². The van der Waals surface area contributed by atoms with Crippen molar-refractivity contribution in [3.05, 3.63) is 109 Å². The molecule has 6 nitrogen and oxygen atoms in total. The summed E-state index contributed by atoms with van der Waals surface area (Å²) in [5.74, 6) is 0.649. The zero-order valence-electron chi connectivity index (χ0n) is 21.1. The molecule has 210 valence electrons. The summed E-state index contributed by atoms with van der Waals surface area (Å²) in [6, 6.07) is 19.1. The molecule has 6 rings (SSSR count). The fraction of sp³-hybridized carbons (Fsp3) is 0. The van der Waals surface area contributed by atoms with Crippen LogP contribution >= 0.6 is 0 Å². The number of halogens is 6. The van der Waals surface area contributed by atoms with Crippen LogP contribution in [0, 0.1) is 0 Å². The molecule has 0 bridgehead atoms. The minimum Gasteiger partial charge on any atom is -0.428 e. The van der Waals surface area contributed by atoms with Crippen LogP contribution in [0.4, 0.5) is 26.3 Å². The van der Waals surface area contributed by atoms with Gasteiger partial charge in [0.2, 0.25) is 0 Å². The predicted octanol–water partition coefficient (Wildman–Crippen LogP) is 9.27. The molecule has 0 unspecified atom stereocenters. The van der Waals surface area contributed by atoms with Crippen molar-refractivity contribution in [2.75, 3.05) is 0 Å². The van der Waals surface area contributed by atoms with Gasteiger partial charge in [0, 0.05) is 11.1 Å². The van der Waals surface area contributed by atoms with E-state index in [0.717, 1.165) is 11.1 Å². The summed E-state index contributed by atoms with van der Waals surface area (Å²) < 4.78 is 85.2. The SMILES string of the molecule is FC(F)=C(F)Oc1cccc(-c2nc3ccc(-c4ccc5nc(-c6cccc(OC(F)=C(F)F)c6)[nH]c5c4)cc3[nH]2)c1. The number of nitrogens with zero attached hydrogens (tertiary/aromatic N) is 2. The molecule has 0 saturated carbocycles. The summed E-state index contributed by atoms with van der Waals surface area (Å²) in [6.07, 6.45) is -5.11. The van der Waals surface area contributed by atoms with Gasteiger partial charge >= 0.3 is 24.2 Å². The van der Waals surface area contributed by atoms with Crippen molar-refractivity contribution in [2.45, 2.75) is 0 Å². The fourth-order valence-corrected chi connectivity index (χ4v) is 4.35. The van der Waals surface area contributed by atoms with Crippen molar-refractivity contribution in [1.82, 2.24) is 19.9 Å². The third-order valence-corrected chi connectivity index (χ3v) is 6.22. The zero-order valence-corrected chi connectivity index (χ0v) is 21.1. The Balaban J connectivity index is 1.28. The second-order valence-corrected chi connectivity index (χ2v) is 8.96. The average Bonchev–Trinajstić information content (AvgIpc) is 3.61. The number of hydrogen-bond acceptors (Lipinski definition) is 4. The largest absolute Gasteiger partial charge is 0.428 e. The van der Waals surface area contributed by atoms with Crippen LogP contribution in [-0.2, 0) is 0 Å². The van der Waals surface area contributed by atoms with Crippen LogP contribution in [0.2, 0.25) is 0 Å².